The van der Waals surface area contributed by atoms with Crippen LogP contribution in [0.3, 0.4) is 0 Å². The first-order valence-corrected chi connectivity index (χ1v) is 7.12. The molecule has 108 valence electrons. The van der Waals surface area contributed by atoms with E-state index in [2.05, 4.69) is 4.98 Å². The predicted octanol–water partition coefficient (Wildman–Crippen LogP) is 3.01. The fraction of sp³-hybridized carbons (Fsp3) is 0.143. The summed E-state index contributed by atoms with van der Waals surface area (Å²) >= 11 is 1.20. The average Bonchev–Trinajstić information content (AvgIpc) is 2.86. The van der Waals surface area contributed by atoms with E-state index in [9.17, 15) is 13.6 Å². The van der Waals surface area contributed by atoms with E-state index in [1.807, 2.05) is 6.92 Å². The molecule has 0 atom stereocenters. The molecular formula is C14H11F2N3OS. The van der Waals surface area contributed by atoms with Gasteiger partial charge >= 0.3 is 0 Å². The number of pyridine rings is 1. The summed E-state index contributed by atoms with van der Waals surface area (Å²) in [7, 11) is 0. The van der Waals surface area contributed by atoms with Crippen LogP contribution in [0.4, 0.5) is 13.9 Å². The molecule has 0 saturated carbocycles. The molecule has 0 aliphatic carbocycles. The van der Waals surface area contributed by atoms with E-state index in [4.69, 9.17) is 5.73 Å². The van der Waals surface area contributed by atoms with Crippen molar-refractivity contribution >= 4 is 27.4 Å². The Morgan fingerprint density at radius 1 is 1.38 bits per heavy atom. The molecule has 0 radical (unpaired) electrons. The van der Waals surface area contributed by atoms with Gasteiger partial charge in [-0.3, -0.25) is 4.79 Å². The van der Waals surface area contributed by atoms with Crippen molar-refractivity contribution in [3.63, 3.8) is 0 Å². The summed E-state index contributed by atoms with van der Waals surface area (Å²) in [5.74, 6) is -1.54. The van der Waals surface area contributed by atoms with Crippen LogP contribution in [0.15, 0.2) is 28.5 Å². The van der Waals surface area contributed by atoms with Crippen molar-refractivity contribution in [3.05, 3.63) is 45.6 Å². The van der Waals surface area contributed by atoms with Crippen molar-refractivity contribution in [2.45, 2.75) is 13.5 Å². The molecule has 21 heavy (non-hydrogen) atoms. The van der Waals surface area contributed by atoms with Gasteiger partial charge in [-0.25, -0.2) is 13.8 Å². The Kier molecular flexibility index (Phi) is 3.21. The SMILES string of the molecule is CCn1cc(-c2csc(N)n2)c(=O)c2cc(F)cc(F)c21. The normalized spacial score (nSPS) is 11.2. The molecular weight excluding hydrogens is 296 g/mol. The Morgan fingerprint density at radius 3 is 2.76 bits per heavy atom. The number of anilines is 1. The third-order valence-electron chi connectivity index (χ3n) is 3.23. The van der Waals surface area contributed by atoms with Crippen LogP contribution in [0.2, 0.25) is 0 Å². The first-order valence-electron chi connectivity index (χ1n) is 6.24. The lowest BCUT2D eigenvalue weighted by molar-refractivity contribution is 0.584. The number of hydrogen-bond acceptors (Lipinski definition) is 4. The molecule has 3 rings (SSSR count). The maximum atomic E-state index is 14.0. The van der Waals surface area contributed by atoms with Gasteiger partial charge in [0.05, 0.1) is 22.2 Å². The molecule has 4 nitrogen and oxygen atoms in total. The Morgan fingerprint density at radius 2 is 2.14 bits per heavy atom. The second-order valence-electron chi connectivity index (χ2n) is 4.51. The van der Waals surface area contributed by atoms with Gasteiger partial charge in [-0.05, 0) is 13.0 Å². The van der Waals surface area contributed by atoms with Crippen LogP contribution in [-0.4, -0.2) is 9.55 Å². The van der Waals surface area contributed by atoms with Crippen LogP contribution in [0.1, 0.15) is 6.92 Å². The maximum absolute atomic E-state index is 14.0. The van der Waals surface area contributed by atoms with Crippen LogP contribution in [-0.2, 0) is 6.54 Å². The van der Waals surface area contributed by atoms with E-state index < -0.39 is 17.1 Å². The highest BCUT2D eigenvalue weighted by molar-refractivity contribution is 7.13. The minimum absolute atomic E-state index is 0.00146. The third kappa shape index (κ3) is 2.19. The lowest BCUT2D eigenvalue weighted by atomic mass is 10.1. The molecule has 2 aromatic heterocycles. The van der Waals surface area contributed by atoms with Gasteiger partial charge in [0.25, 0.3) is 0 Å². The van der Waals surface area contributed by atoms with Gasteiger partial charge in [0.2, 0.25) is 0 Å². The van der Waals surface area contributed by atoms with E-state index in [1.165, 1.54) is 17.5 Å². The van der Waals surface area contributed by atoms with Crippen molar-refractivity contribution < 1.29 is 8.78 Å². The minimum Gasteiger partial charge on any atom is -0.375 e. The number of aromatic nitrogens is 2. The molecule has 2 N–H and O–H groups in total. The number of benzene rings is 1. The van der Waals surface area contributed by atoms with Crippen molar-refractivity contribution in [1.82, 2.24) is 9.55 Å². The summed E-state index contributed by atoms with van der Waals surface area (Å²) in [6.07, 6.45) is 1.53. The minimum atomic E-state index is -0.783. The number of nitrogen functional groups attached to an aromatic ring is 1. The number of thiazole rings is 1. The Balaban J connectivity index is 2.44. The zero-order valence-corrected chi connectivity index (χ0v) is 11.9. The Labute approximate surface area is 122 Å². The van der Waals surface area contributed by atoms with Crippen LogP contribution < -0.4 is 11.2 Å². The Hall–Kier alpha value is -2.28. The van der Waals surface area contributed by atoms with E-state index in [-0.39, 0.29) is 16.5 Å². The van der Waals surface area contributed by atoms with Gasteiger partial charge in [-0.1, -0.05) is 0 Å². The molecule has 0 aliphatic rings. The lowest BCUT2D eigenvalue weighted by Gasteiger charge is -2.11. The molecule has 3 aromatic rings. The number of fused-ring (bicyclic) bond motifs is 1. The molecule has 0 aliphatic heterocycles. The number of nitrogens with two attached hydrogens (primary N) is 1. The maximum Gasteiger partial charge on any atom is 0.199 e. The van der Waals surface area contributed by atoms with Gasteiger partial charge in [0.1, 0.15) is 5.82 Å². The molecule has 0 bridgehead atoms. The second kappa shape index (κ2) is 4.92. The fourth-order valence-corrected chi connectivity index (χ4v) is 2.86. The highest BCUT2D eigenvalue weighted by Gasteiger charge is 2.16. The molecule has 0 amide bonds. The largest absolute Gasteiger partial charge is 0.375 e. The standard InChI is InChI=1S/C14H11F2N3OS/c1-2-19-5-9(11-6-21-14(17)18-11)13(20)8-3-7(15)4-10(16)12(8)19/h3-6H,2H2,1H3,(H2,17,18). The van der Waals surface area contributed by atoms with Crippen molar-refractivity contribution in [3.8, 4) is 11.3 Å². The molecule has 2 heterocycles. The fourth-order valence-electron chi connectivity index (χ4n) is 2.30. The van der Waals surface area contributed by atoms with Crippen LogP contribution >= 0.6 is 11.3 Å². The smallest absolute Gasteiger partial charge is 0.199 e. The van der Waals surface area contributed by atoms with Crippen LogP contribution in [0.25, 0.3) is 22.2 Å². The highest BCUT2D eigenvalue weighted by Crippen LogP contribution is 2.24. The number of rotatable bonds is 2. The van der Waals surface area contributed by atoms with E-state index in [1.54, 1.807) is 9.95 Å². The summed E-state index contributed by atoms with van der Waals surface area (Å²) < 4.78 is 29.0. The van der Waals surface area contributed by atoms with Crippen molar-refractivity contribution in [1.29, 1.82) is 0 Å². The van der Waals surface area contributed by atoms with E-state index in [0.29, 0.717) is 17.4 Å². The molecule has 0 fully saturated rings. The predicted molar refractivity (Wildman–Crippen MR) is 79.3 cm³/mol. The van der Waals surface area contributed by atoms with Crippen molar-refractivity contribution in [2.75, 3.05) is 5.73 Å². The summed E-state index contributed by atoms with van der Waals surface area (Å²) in [4.78, 5) is 16.6. The molecule has 0 saturated heterocycles. The second-order valence-corrected chi connectivity index (χ2v) is 5.40. The van der Waals surface area contributed by atoms with Crippen LogP contribution in [0.5, 0.6) is 0 Å². The van der Waals surface area contributed by atoms with Gasteiger partial charge in [-0.15, -0.1) is 11.3 Å². The van der Waals surface area contributed by atoms with E-state index in [0.717, 1.165) is 12.1 Å². The number of nitrogens with zero attached hydrogens (tertiary/aromatic N) is 2. The Bertz CT molecular complexity index is 901. The number of halogens is 2. The van der Waals surface area contributed by atoms with Gasteiger partial charge in [-0.2, -0.15) is 0 Å². The number of aryl methyl sites for hydroxylation is 1. The first-order chi connectivity index (χ1) is 10.0. The summed E-state index contributed by atoms with van der Waals surface area (Å²) in [5, 5.41) is 1.98. The topological polar surface area (TPSA) is 60.9 Å². The highest BCUT2D eigenvalue weighted by atomic mass is 32.1. The quantitative estimate of drug-likeness (QED) is 0.791. The third-order valence-corrected chi connectivity index (χ3v) is 3.90. The molecule has 0 unspecified atom stereocenters. The average molecular weight is 307 g/mol. The zero-order valence-electron chi connectivity index (χ0n) is 11.1. The monoisotopic (exact) mass is 307 g/mol. The molecule has 0 spiro atoms. The summed E-state index contributed by atoms with van der Waals surface area (Å²) in [6, 6.07) is 1.82. The summed E-state index contributed by atoms with van der Waals surface area (Å²) in [6.45, 7) is 2.25. The van der Waals surface area contributed by atoms with Gasteiger partial charge in [0, 0.05) is 24.2 Å². The summed E-state index contributed by atoms with van der Waals surface area (Å²) in [5.41, 5.74) is 5.90. The zero-order chi connectivity index (χ0) is 15.1. The number of hydrogen-bond donors (Lipinski definition) is 1. The lowest BCUT2D eigenvalue weighted by Crippen LogP contribution is -2.13. The van der Waals surface area contributed by atoms with Gasteiger partial charge < -0.3 is 10.3 Å². The van der Waals surface area contributed by atoms with E-state index >= 15 is 0 Å². The first kappa shape index (κ1) is 13.7. The van der Waals surface area contributed by atoms with Gasteiger partial charge in [0.15, 0.2) is 16.4 Å². The molecule has 7 heteroatoms. The molecule has 1 aromatic carbocycles. The van der Waals surface area contributed by atoms with Crippen LogP contribution in [0, 0.1) is 11.6 Å². The van der Waals surface area contributed by atoms with Crippen molar-refractivity contribution in [2.24, 2.45) is 0 Å².